The number of sulfone groups is 1. The molecule has 1 unspecified atom stereocenters. The minimum absolute atomic E-state index is 0. The lowest BCUT2D eigenvalue weighted by molar-refractivity contribution is 0.553. The monoisotopic (exact) mass is 356 g/mol. The highest BCUT2D eigenvalue weighted by atomic mass is 35.5. The summed E-state index contributed by atoms with van der Waals surface area (Å²) in [5, 5.41) is 2.92. The van der Waals surface area contributed by atoms with Crippen LogP contribution >= 0.6 is 12.4 Å². The molecule has 1 aromatic rings. The first-order valence-corrected chi connectivity index (χ1v) is 9.43. The number of sulfonamides is 1. The molecule has 2 N–H and O–H groups in total. The predicted molar refractivity (Wildman–Crippen MR) is 85.2 cm³/mol. The van der Waals surface area contributed by atoms with Crippen LogP contribution in [0.2, 0.25) is 0 Å². The van der Waals surface area contributed by atoms with E-state index in [0.29, 0.717) is 5.56 Å². The van der Waals surface area contributed by atoms with Gasteiger partial charge in [-0.05, 0) is 38.6 Å². The average Bonchev–Trinajstić information content (AvgIpc) is 2.34. The predicted octanol–water partition coefficient (Wildman–Crippen LogP) is 0.707. The van der Waals surface area contributed by atoms with Crippen LogP contribution in [-0.2, 0) is 19.9 Å². The summed E-state index contributed by atoms with van der Waals surface area (Å²) in [6.07, 6.45) is 1.05. The Bertz CT molecular complexity index is 687. The van der Waals surface area contributed by atoms with Gasteiger partial charge in [0.25, 0.3) is 0 Å². The van der Waals surface area contributed by atoms with Crippen molar-refractivity contribution in [1.29, 1.82) is 0 Å². The van der Waals surface area contributed by atoms with Gasteiger partial charge in [-0.1, -0.05) is 6.07 Å². The third kappa shape index (κ3) is 5.55. The van der Waals surface area contributed by atoms with Crippen molar-refractivity contribution in [3.63, 3.8) is 0 Å². The normalized spacial score (nSPS) is 13.5. The van der Waals surface area contributed by atoms with Gasteiger partial charge in [0, 0.05) is 18.8 Å². The van der Waals surface area contributed by atoms with Crippen LogP contribution in [0.5, 0.6) is 0 Å². The Morgan fingerprint density at radius 3 is 2.24 bits per heavy atom. The first-order valence-electron chi connectivity index (χ1n) is 6.05. The Labute approximate surface area is 132 Å². The van der Waals surface area contributed by atoms with E-state index in [4.69, 9.17) is 0 Å². The molecule has 0 radical (unpaired) electrons. The fourth-order valence-electron chi connectivity index (χ4n) is 1.52. The lowest BCUT2D eigenvalue weighted by Gasteiger charge is -2.14. The molecule has 0 amide bonds. The summed E-state index contributed by atoms with van der Waals surface area (Å²) in [6.45, 7) is 3.69. The molecule has 0 fully saturated rings. The quantitative estimate of drug-likeness (QED) is 0.783. The fraction of sp³-hybridized carbons (Fsp3) is 0.500. The first-order chi connectivity index (χ1) is 9.08. The van der Waals surface area contributed by atoms with Crippen LogP contribution in [0.1, 0.15) is 12.5 Å². The Kier molecular flexibility index (Phi) is 7.31. The molecule has 9 heteroatoms. The smallest absolute Gasteiger partial charge is 0.240 e. The Morgan fingerprint density at radius 1 is 1.19 bits per heavy atom. The van der Waals surface area contributed by atoms with Crippen LogP contribution in [0.3, 0.4) is 0 Å². The van der Waals surface area contributed by atoms with Crippen molar-refractivity contribution >= 4 is 32.3 Å². The summed E-state index contributed by atoms with van der Waals surface area (Å²) in [5.41, 5.74) is 0.502. The molecule has 0 aliphatic carbocycles. The average molecular weight is 357 g/mol. The second kappa shape index (κ2) is 7.55. The first kappa shape index (κ1) is 20.3. The molecule has 6 nitrogen and oxygen atoms in total. The van der Waals surface area contributed by atoms with E-state index in [1.165, 1.54) is 18.2 Å². The van der Waals surface area contributed by atoms with Gasteiger partial charge in [-0.25, -0.2) is 21.6 Å². The molecular weight excluding hydrogens is 336 g/mol. The number of hydrogen-bond donors (Lipinski definition) is 2. The zero-order valence-electron chi connectivity index (χ0n) is 12.4. The molecule has 122 valence electrons. The fourth-order valence-corrected chi connectivity index (χ4v) is 3.64. The summed E-state index contributed by atoms with van der Waals surface area (Å²) in [5.74, 6) is 0. The number of likely N-dealkylation sites (N-methyl/N-ethyl adjacent to an activating group) is 1. The van der Waals surface area contributed by atoms with Crippen molar-refractivity contribution in [2.75, 3.05) is 19.8 Å². The minimum atomic E-state index is -3.73. The van der Waals surface area contributed by atoms with Gasteiger partial charge >= 0.3 is 0 Å². The minimum Gasteiger partial charge on any atom is -0.316 e. The maximum absolute atomic E-state index is 12.2. The highest BCUT2D eigenvalue weighted by Gasteiger charge is 2.20. The molecule has 1 atom stereocenters. The number of aryl methyl sites for hydroxylation is 1. The summed E-state index contributed by atoms with van der Waals surface area (Å²) in [4.78, 5) is -0.0196. The van der Waals surface area contributed by atoms with Crippen LogP contribution in [0.25, 0.3) is 0 Å². The standard InChI is InChI=1S/C12H20N2O4S2.ClH/c1-9-5-6-11(19(4,15)16)7-12(9)20(17,18)14-8-10(2)13-3;/h5-7,10,13-14H,8H2,1-4H3;1H. The number of rotatable bonds is 6. The lowest BCUT2D eigenvalue weighted by Crippen LogP contribution is -2.37. The second-order valence-electron chi connectivity index (χ2n) is 4.74. The van der Waals surface area contributed by atoms with Gasteiger partial charge in [-0.3, -0.25) is 0 Å². The van der Waals surface area contributed by atoms with Crippen molar-refractivity contribution in [3.8, 4) is 0 Å². The molecule has 0 saturated heterocycles. The lowest BCUT2D eigenvalue weighted by atomic mass is 10.2. The molecule has 0 aliphatic heterocycles. The zero-order chi connectivity index (χ0) is 15.6. The molecule has 0 bridgehead atoms. The van der Waals surface area contributed by atoms with Gasteiger partial charge in [0.05, 0.1) is 9.79 Å². The summed E-state index contributed by atoms with van der Waals surface area (Å²) in [6, 6.07) is 4.06. The van der Waals surface area contributed by atoms with Gasteiger partial charge in [0.1, 0.15) is 0 Å². The van der Waals surface area contributed by atoms with Crippen molar-refractivity contribution in [2.24, 2.45) is 0 Å². The van der Waals surface area contributed by atoms with Crippen LogP contribution in [-0.4, -0.2) is 42.7 Å². The zero-order valence-corrected chi connectivity index (χ0v) is 14.8. The van der Waals surface area contributed by atoms with Crippen molar-refractivity contribution < 1.29 is 16.8 Å². The van der Waals surface area contributed by atoms with E-state index < -0.39 is 19.9 Å². The van der Waals surface area contributed by atoms with Crippen LogP contribution in [0, 0.1) is 6.92 Å². The summed E-state index contributed by atoms with van der Waals surface area (Å²) in [7, 11) is -5.45. The van der Waals surface area contributed by atoms with Gasteiger partial charge in [0.15, 0.2) is 9.84 Å². The van der Waals surface area contributed by atoms with E-state index >= 15 is 0 Å². The van der Waals surface area contributed by atoms with Crippen LogP contribution in [0.15, 0.2) is 28.0 Å². The molecule has 1 aromatic carbocycles. The van der Waals surface area contributed by atoms with Gasteiger partial charge in [0.2, 0.25) is 10.0 Å². The molecule has 1 rings (SSSR count). The van der Waals surface area contributed by atoms with Crippen molar-refractivity contribution in [3.05, 3.63) is 23.8 Å². The maximum Gasteiger partial charge on any atom is 0.240 e. The topological polar surface area (TPSA) is 92.3 Å². The van der Waals surface area contributed by atoms with E-state index in [9.17, 15) is 16.8 Å². The Morgan fingerprint density at radius 2 is 1.76 bits per heavy atom. The molecule has 0 heterocycles. The van der Waals surface area contributed by atoms with E-state index in [-0.39, 0.29) is 34.8 Å². The molecule has 0 aromatic heterocycles. The Balaban J connectivity index is 0.00000400. The number of halogens is 1. The highest BCUT2D eigenvalue weighted by molar-refractivity contribution is 7.91. The van der Waals surface area contributed by atoms with Gasteiger partial charge < -0.3 is 5.32 Å². The molecule has 0 saturated carbocycles. The largest absolute Gasteiger partial charge is 0.316 e. The van der Waals surface area contributed by atoms with Crippen molar-refractivity contribution in [1.82, 2.24) is 10.0 Å². The SMILES string of the molecule is CNC(C)CNS(=O)(=O)c1cc(S(C)(=O)=O)ccc1C.Cl. The molecule has 0 spiro atoms. The maximum atomic E-state index is 12.2. The van der Waals surface area contributed by atoms with Crippen LogP contribution < -0.4 is 10.0 Å². The summed E-state index contributed by atoms with van der Waals surface area (Å²) < 4.78 is 49.9. The number of hydrogen-bond acceptors (Lipinski definition) is 5. The van der Waals surface area contributed by atoms with Gasteiger partial charge in [-0.2, -0.15) is 0 Å². The molecule has 0 aliphatic rings. The van der Waals surface area contributed by atoms with E-state index in [1.807, 2.05) is 6.92 Å². The van der Waals surface area contributed by atoms with Crippen LogP contribution in [0.4, 0.5) is 0 Å². The third-order valence-corrected chi connectivity index (χ3v) is 5.63. The highest BCUT2D eigenvalue weighted by Crippen LogP contribution is 2.19. The van der Waals surface area contributed by atoms with E-state index in [0.717, 1.165) is 6.26 Å². The van der Waals surface area contributed by atoms with Crippen molar-refractivity contribution in [2.45, 2.75) is 29.7 Å². The molecular formula is C12H21ClN2O4S2. The number of benzene rings is 1. The third-order valence-electron chi connectivity index (χ3n) is 2.95. The molecule has 21 heavy (non-hydrogen) atoms. The Hall–Kier alpha value is -0.670. The van der Waals surface area contributed by atoms with E-state index in [2.05, 4.69) is 10.0 Å². The second-order valence-corrected chi connectivity index (χ2v) is 8.49. The number of nitrogens with one attached hydrogen (secondary N) is 2. The van der Waals surface area contributed by atoms with E-state index in [1.54, 1.807) is 14.0 Å². The van der Waals surface area contributed by atoms with Gasteiger partial charge in [-0.15, -0.1) is 12.4 Å². The summed E-state index contributed by atoms with van der Waals surface area (Å²) >= 11 is 0.